The largest absolute Gasteiger partial charge is 0.462 e. The number of carbonyl (C=O) groups is 1. The van der Waals surface area contributed by atoms with E-state index in [9.17, 15) is 4.79 Å². The number of rotatable bonds is 7. The van der Waals surface area contributed by atoms with Crippen LogP contribution in [0.3, 0.4) is 0 Å². The van der Waals surface area contributed by atoms with Crippen LogP contribution in [0.15, 0.2) is 60.8 Å². The van der Waals surface area contributed by atoms with Gasteiger partial charge in [0.2, 0.25) is 5.95 Å². The number of carbonyl (C=O) groups excluding carboxylic acids is 1. The summed E-state index contributed by atoms with van der Waals surface area (Å²) >= 11 is 0. The molecule has 0 aliphatic heterocycles. The van der Waals surface area contributed by atoms with Gasteiger partial charge in [0.15, 0.2) is 0 Å². The molecular formula is C21H23N5O2. The SMILES string of the molecule is CCOC(=O)c1ccc(Nc2ccnc(Nc3ccc(N(C)C)cc3)n2)cc1. The molecule has 0 saturated carbocycles. The molecule has 1 aromatic heterocycles. The Morgan fingerprint density at radius 2 is 1.61 bits per heavy atom. The highest BCUT2D eigenvalue weighted by atomic mass is 16.5. The van der Waals surface area contributed by atoms with Gasteiger partial charge in [-0.05, 0) is 61.5 Å². The molecule has 0 saturated heterocycles. The Balaban J connectivity index is 1.67. The molecule has 0 atom stereocenters. The molecule has 7 nitrogen and oxygen atoms in total. The van der Waals surface area contributed by atoms with E-state index in [0.717, 1.165) is 17.1 Å². The van der Waals surface area contributed by atoms with Gasteiger partial charge in [-0.1, -0.05) is 0 Å². The average Bonchev–Trinajstić information content (AvgIpc) is 2.69. The van der Waals surface area contributed by atoms with Gasteiger partial charge in [-0.2, -0.15) is 4.98 Å². The van der Waals surface area contributed by atoms with E-state index in [1.165, 1.54) is 0 Å². The Bertz CT molecular complexity index is 924. The van der Waals surface area contributed by atoms with Crippen LogP contribution in [0.2, 0.25) is 0 Å². The number of nitrogens with zero attached hydrogens (tertiary/aromatic N) is 3. The van der Waals surface area contributed by atoms with Crippen LogP contribution in [0.25, 0.3) is 0 Å². The summed E-state index contributed by atoms with van der Waals surface area (Å²) < 4.78 is 4.99. The van der Waals surface area contributed by atoms with Crippen LogP contribution in [-0.4, -0.2) is 36.6 Å². The van der Waals surface area contributed by atoms with E-state index in [0.29, 0.717) is 23.9 Å². The molecule has 0 radical (unpaired) electrons. The van der Waals surface area contributed by atoms with Gasteiger partial charge in [0, 0.05) is 37.4 Å². The third-order valence-corrected chi connectivity index (χ3v) is 3.96. The molecule has 0 amide bonds. The second kappa shape index (κ2) is 8.85. The predicted molar refractivity (Wildman–Crippen MR) is 112 cm³/mol. The van der Waals surface area contributed by atoms with Crippen molar-refractivity contribution in [2.24, 2.45) is 0 Å². The Hall–Kier alpha value is -3.61. The van der Waals surface area contributed by atoms with E-state index in [1.54, 1.807) is 43.5 Å². The Morgan fingerprint density at radius 3 is 2.25 bits per heavy atom. The fourth-order valence-electron chi connectivity index (χ4n) is 2.51. The van der Waals surface area contributed by atoms with E-state index in [2.05, 4.69) is 20.6 Å². The van der Waals surface area contributed by atoms with Crippen molar-refractivity contribution in [2.45, 2.75) is 6.92 Å². The zero-order valence-corrected chi connectivity index (χ0v) is 16.1. The summed E-state index contributed by atoms with van der Waals surface area (Å²) in [5, 5.41) is 6.39. The number of aromatic nitrogens is 2. The minimum atomic E-state index is -0.331. The fourth-order valence-corrected chi connectivity index (χ4v) is 2.51. The standard InChI is InChI=1S/C21H23N5O2/c1-4-28-20(27)15-5-7-16(8-6-15)23-19-13-14-22-21(25-19)24-17-9-11-18(12-10-17)26(2)3/h5-14H,4H2,1-3H3,(H2,22,23,24,25). The van der Waals surface area contributed by atoms with Crippen LogP contribution in [0.1, 0.15) is 17.3 Å². The van der Waals surface area contributed by atoms with Crippen LogP contribution in [0.5, 0.6) is 0 Å². The second-order valence-corrected chi connectivity index (χ2v) is 6.25. The summed E-state index contributed by atoms with van der Waals surface area (Å²) in [4.78, 5) is 22.5. The number of hydrogen-bond acceptors (Lipinski definition) is 7. The summed E-state index contributed by atoms with van der Waals surface area (Å²) in [7, 11) is 4.00. The maximum atomic E-state index is 11.7. The van der Waals surface area contributed by atoms with Gasteiger partial charge in [0.25, 0.3) is 0 Å². The number of anilines is 5. The monoisotopic (exact) mass is 377 g/mol. The van der Waals surface area contributed by atoms with Gasteiger partial charge in [0.05, 0.1) is 12.2 Å². The number of nitrogens with one attached hydrogen (secondary N) is 2. The molecule has 0 spiro atoms. The molecule has 2 N–H and O–H groups in total. The van der Waals surface area contributed by atoms with Crippen molar-refractivity contribution in [3.05, 3.63) is 66.4 Å². The maximum absolute atomic E-state index is 11.7. The lowest BCUT2D eigenvalue weighted by molar-refractivity contribution is 0.0526. The highest BCUT2D eigenvalue weighted by molar-refractivity contribution is 5.89. The number of benzene rings is 2. The van der Waals surface area contributed by atoms with E-state index >= 15 is 0 Å². The molecule has 0 fully saturated rings. The third kappa shape index (κ3) is 4.97. The summed E-state index contributed by atoms with van der Waals surface area (Å²) in [6.45, 7) is 2.14. The first kappa shape index (κ1) is 19.2. The van der Waals surface area contributed by atoms with Crippen molar-refractivity contribution >= 4 is 34.8 Å². The second-order valence-electron chi connectivity index (χ2n) is 6.25. The molecule has 7 heteroatoms. The van der Waals surface area contributed by atoms with Crippen molar-refractivity contribution in [1.82, 2.24) is 9.97 Å². The van der Waals surface area contributed by atoms with Crippen LogP contribution < -0.4 is 15.5 Å². The molecule has 2 aromatic carbocycles. The molecule has 0 unspecified atom stereocenters. The Labute approximate surface area is 164 Å². The Morgan fingerprint density at radius 1 is 0.964 bits per heavy atom. The zero-order chi connectivity index (χ0) is 19.9. The average molecular weight is 377 g/mol. The normalized spacial score (nSPS) is 10.2. The minimum absolute atomic E-state index is 0.331. The lowest BCUT2D eigenvalue weighted by Crippen LogP contribution is -2.08. The quantitative estimate of drug-likeness (QED) is 0.597. The van der Waals surface area contributed by atoms with Gasteiger partial charge in [-0.3, -0.25) is 0 Å². The van der Waals surface area contributed by atoms with Crippen LogP contribution in [0, 0.1) is 0 Å². The van der Waals surface area contributed by atoms with Crippen molar-refractivity contribution in [2.75, 3.05) is 36.2 Å². The number of hydrogen-bond donors (Lipinski definition) is 2. The zero-order valence-electron chi connectivity index (χ0n) is 16.1. The van der Waals surface area contributed by atoms with Gasteiger partial charge in [-0.15, -0.1) is 0 Å². The van der Waals surface area contributed by atoms with Crippen molar-refractivity contribution in [1.29, 1.82) is 0 Å². The van der Waals surface area contributed by atoms with Crippen molar-refractivity contribution in [3.8, 4) is 0 Å². The fraction of sp³-hybridized carbons (Fsp3) is 0.190. The topological polar surface area (TPSA) is 79.4 Å². The maximum Gasteiger partial charge on any atom is 0.338 e. The smallest absolute Gasteiger partial charge is 0.338 e. The molecular weight excluding hydrogens is 354 g/mol. The molecule has 0 aliphatic carbocycles. The minimum Gasteiger partial charge on any atom is -0.462 e. The van der Waals surface area contributed by atoms with Gasteiger partial charge in [0.1, 0.15) is 5.82 Å². The molecule has 0 aliphatic rings. The molecule has 28 heavy (non-hydrogen) atoms. The van der Waals surface area contributed by atoms with Crippen molar-refractivity contribution < 1.29 is 9.53 Å². The van der Waals surface area contributed by atoms with E-state index < -0.39 is 0 Å². The van der Waals surface area contributed by atoms with Gasteiger partial charge in [-0.25, -0.2) is 9.78 Å². The van der Waals surface area contributed by atoms with Crippen LogP contribution in [-0.2, 0) is 4.74 Å². The van der Waals surface area contributed by atoms with Crippen molar-refractivity contribution in [3.63, 3.8) is 0 Å². The Kier molecular flexibility index (Phi) is 6.06. The van der Waals surface area contributed by atoms with Crippen LogP contribution >= 0.6 is 0 Å². The van der Waals surface area contributed by atoms with Crippen LogP contribution in [0.4, 0.5) is 28.8 Å². The summed E-state index contributed by atoms with van der Waals surface area (Å²) in [6.07, 6.45) is 1.68. The summed E-state index contributed by atoms with van der Waals surface area (Å²) in [5.41, 5.74) is 3.35. The first-order valence-electron chi connectivity index (χ1n) is 8.97. The number of ether oxygens (including phenoxy) is 1. The first-order chi connectivity index (χ1) is 13.5. The van der Waals surface area contributed by atoms with E-state index in [4.69, 9.17) is 4.74 Å². The molecule has 1 heterocycles. The van der Waals surface area contributed by atoms with E-state index in [-0.39, 0.29) is 5.97 Å². The predicted octanol–water partition coefficient (Wildman–Crippen LogP) is 4.21. The summed E-state index contributed by atoms with van der Waals surface area (Å²) in [6, 6.07) is 16.8. The number of esters is 1. The third-order valence-electron chi connectivity index (χ3n) is 3.96. The lowest BCUT2D eigenvalue weighted by atomic mass is 10.2. The van der Waals surface area contributed by atoms with Gasteiger partial charge >= 0.3 is 5.97 Å². The highest BCUT2D eigenvalue weighted by Gasteiger charge is 2.06. The molecule has 0 bridgehead atoms. The molecule has 144 valence electrons. The summed E-state index contributed by atoms with van der Waals surface area (Å²) in [5.74, 6) is 0.805. The van der Waals surface area contributed by atoms with Gasteiger partial charge < -0.3 is 20.3 Å². The highest BCUT2D eigenvalue weighted by Crippen LogP contribution is 2.20. The molecule has 3 rings (SSSR count). The van der Waals surface area contributed by atoms with E-state index in [1.807, 2.05) is 43.3 Å². The lowest BCUT2D eigenvalue weighted by Gasteiger charge is -2.13. The first-order valence-corrected chi connectivity index (χ1v) is 8.97. The molecule has 3 aromatic rings.